The molecule has 7 heteroatoms. The molecule has 1 saturated heterocycles. The predicted molar refractivity (Wildman–Crippen MR) is 106 cm³/mol. The van der Waals surface area contributed by atoms with E-state index >= 15 is 0 Å². The van der Waals surface area contributed by atoms with Gasteiger partial charge in [0.15, 0.2) is 9.84 Å². The van der Waals surface area contributed by atoms with Crippen LogP contribution < -0.4 is 5.32 Å². The molecule has 1 saturated carbocycles. The average Bonchev–Trinajstić information content (AvgIpc) is 2.66. The zero-order chi connectivity index (χ0) is 19.3. The van der Waals surface area contributed by atoms with Crippen LogP contribution in [0.2, 0.25) is 0 Å². The fraction of sp³-hybridized carbons (Fsp3) is 0.650. The first kappa shape index (κ1) is 20.3. The van der Waals surface area contributed by atoms with Gasteiger partial charge in [0.1, 0.15) is 0 Å². The van der Waals surface area contributed by atoms with E-state index in [0.29, 0.717) is 17.7 Å². The molecule has 1 N–H and O–H groups in total. The Morgan fingerprint density at radius 2 is 1.89 bits per heavy atom. The minimum Gasteiger partial charge on any atom is -0.379 e. The van der Waals surface area contributed by atoms with Crippen LogP contribution >= 0.6 is 0 Å². The first-order valence-electron chi connectivity index (χ1n) is 9.76. The first-order chi connectivity index (χ1) is 12.9. The number of nitrogens with one attached hydrogen (secondary N) is 1. The molecule has 0 unspecified atom stereocenters. The van der Waals surface area contributed by atoms with Crippen molar-refractivity contribution in [2.45, 2.75) is 43.4 Å². The van der Waals surface area contributed by atoms with Crippen LogP contribution in [0, 0.1) is 0 Å². The molecule has 1 aromatic rings. The molecule has 6 nitrogen and oxygen atoms in total. The molecule has 0 spiro atoms. The summed E-state index contributed by atoms with van der Waals surface area (Å²) < 4.78 is 28.5. The second-order valence-corrected chi connectivity index (χ2v) is 9.98. The van der Waals surface area contributed by atoms with Gasteiger partial charge in [-0.1, -0.05) is 31.4 Å². The maximum Gasteiger partial charge on any atom is 0.251 e. The Morgan fingerprint density at radius 1 is 1.19 bits per heavy atom. The molecule has 1 aliphatic heterocycles. The van der Waals surface area contributed by atoms with E-state index in [0.717, 1.165) is 39.1 Å². The maximum atomic E-state index is 12.7. The lowest BCUT2D eigenvalue weighted by molar-refractivity contribution is -0.0361. The summed E-state index contributed by atoms with van der Waals surface area (Å²) >= 11 is 0. The number of carbonyl (C=O) groups is 1. The van der Waals surface area contributed by atoms with Gasteiger partial charge in [0.2, 0.25) is 0 Å². The predicted octanol–water partition coefficient (Wildman–Crippen LogP) is 2.00. The second kappa shape index (κ2) is 8.71. The van der Waals surface area contributed by atoms with E-state index in [-0.39, 0.29) is 17.2 Å². The van der Waals surface area contributed by atoms with Gasteiger partial charge >= 0.3 is 0 Å². The molecule has 1 aromatic carbocycles. The quantitative estimate of drug-likeness (QED) is 0.799. The van der Waals surface area contributed by atoms with Gasteiger partial charge in [-0.05, 0) is 30.5 Å². The molecule has 2 aliphatic rings. The molecule has 0 aromatic heterocycles. The largest absolute Gasteiger partial charge is 0.379 e. The summed E-state index contributed by atoms with van der Waals surface area (Å²) in [5.41, 5.74) is 1.18. The Bertz CT molecular complexity index is 751. The van der Waals surface area contributed by atoms with Crippen LogP contribution in [0.25, 0.3) is 0 Å². The van der Waals surface area contributed by atoms with Crippen LogP contribution in [-0.4, -0.2) is 63.9 Å². The van der Waals surface area contributed by atoms with Gasteiger partial charge in [-0.15, -0.1) is 0 Å². The van der Waals surface area contributed by atoms with E-state index < -0.39 is 9.84 Å². The summed E-state index contributed by atoms with van der Waals surface area (Å²) in [7, 11) is -3.12. The fourth-order valence-electron chi connectivity index (χ4n) is 4.30. The summed E-state index contributed by atoms with van der Waals surface area (Å²) in [6.07, 6.45) is 7.04. The zero-order valence-corrected chi connectivity index (χ0v) is 16.9. The molecule has 0 radical (unpaired) electrons. The number of carbonyl (C=O) groups excluding carboxylic acids is 1. The Balaban J connectivity index is 1.68. The molecular formula is C20H30N2O4S. The van der Waals surface area contributed by atoms with Crippen molar-refractivity contribution in [1.82, 2.24) is 10.2 Å². The van der Waals surface area contributed by atoms with Crippen molar-refractivity contribution < 1.29 is 17.9 Å². The fourth-order valence-corrected chi connectivity index (χ4v) is 5.09. The van der Waals surface area contributed by atoms with Crippen molar-refractivity contribution >= 4 is 15.7 Å². The van der Waals surface area contributed by atoms with Gasteiger partial charge in [-0.25, -0.2) is 8.42 Å². The van der Waals surface area contributed by atoms with E-state index in [4.69, 9.17) is 4.74 Å². The summed E-state index contributed by atoms with van der Waals surface area (Å²) in [4.78, 5) is 15.2. The molecule has 150 valence electrons. The van der Waals surface area contributed by atoms with Gasteiger partial charge in [0.05, 0.1) is 19.0 Å². The third kappa shape index (κ3) is 5.53. The summed E-state index contributed by atoms with van der Waals surface area (Å²) in [5, 5.41) is 3.13. The van der Waals surface area contributed by atoms with Crippen LogP contribution in [-0.2, 0) is 20.3 Å². The first-order valence-corrected chi connectivity index (χ1v) is 11.8. The molecule has 3 rings (SSSR count). The molecule has 0 bridgehead atoms. The van der Waals surface area contributed by atoms with E-state index in [1.807, 2.05) is 0 Å². The summed E-state index contributed by atoms with van der Waals surface area (Å²) in [5.74, 6) is -0.185. The Kier molecular flexibility index (Phi) is 6.55. The average molecular weight is 395 g/mol. The van der Waals surface area contributed by atoms with E-state index in [1.54, 1.807) is 24.3 Å². The topological polar surface area (TPSA) is 75.7 Å². The van der Waals surface area contributed by atoms with Crippen molar-refractivity contribution in [1.29, 1.82) is 0 Å². The van der Waals surface area contributed by atoms with Gasteiger partial charge in [-0.2, -0.15) is 0 Å². The number of hydrogen-bond acceptors (Lipinski definition) is 5. The highest BCUT2D eigenvalue weighted by Gasteiger charge is 2.38. The van der Waals surface area contributed by atoms with Crippen molar-refractivity contribution in [2.24, 2.45) is 0 Å². The highest BCUT2D eigenvalue weighted by molar-refractivity contribution is 7.89. The van der Waals surface area contributed by atoms with Gasteiger partial charge in [0, 0.05) is 37.0 Å². The Morgan fingerprint density at radius 3 is 2.56 bits per heavy atom. The second-order valence-electron chi connectivity index (χ2n) is 7.84. The molecule has 1 amide bonds. The van der Waals surface area contributed by atoms with E-state index in [9.17, 15) is 13.2 Å². The van der Waals surface area contributed by atoms with Crippen molar-refractivity contribution in [3.63, 3.8) is 0 Å². The molecule has 0 atom stereocenters. The number of ether oxygens (including phenoxy) is 1. The number of benzene rings is 1. The van der Waals surface area contributed by atoms with Crippen LogP contribution in [0.4, 0.5) is 0 Å². The summed E-state index contributed by atoms with van der Waals surface area (Å²) in [6.45, 7) is 3.97. The maximum absolute atomic E-state index is 12.7. The van der Waals surface area contributed by atoms with Gasteiger partial charge in [0.25, 0.3) is 5.91 Å². The SMILES string of the molecule is CS(=O)(=O)Cc1cccc(C(=O)NCC2(N3CCOCC3)CCCCC2)c1. The van der Waals surface area contributed by atoms with Crippen LogP contribution in [0.15, 0.2) is 24.3 Å². The molecular weight excluding hydrogens is 364 g/mol. The van der Waals surface area contributed by atoms with Crippen LogP contribution in [0.1, 0.15) is 48.0 Å². The number of amides is 1. The van der Waals surface area contributed by atoms with Crippen LogP contribution in [0.5, 0.6) is 0 Å². The van der Waals surface area contributed by atoms with E-state index in [2.05, 4.69) is 10.2 Å². The highest BCUT2D eigenvalue weighted by atomic mass is 32.2. The Labute approximate surface area is 162 Å². The van der Waals surface area contributed by atoms with Crippen LogP contribution in [0.3, 0.4) is 0 Å². The highest BCUT2D eigenvalue weighted by Crippen LogP contribution is 2.34. The molecule has 1 aliphatic carbocycles. The van der Waals surface area contributed by atoms with Crippen molar-refractivity contribution in [2.75, 3.05) is 39.1 Å². The molecule has 1 heterocycles. The lowest BCUT2D eigenvalue weighted by atomic mass is 9.79. The number of morpholine rings is 1. The number of nitrogens with zero attached hydrogens (tertiary/aromatic N) is 1. The lowest BCUT2D eigenvalue weighted by Crippen LogP contribution is -2.59. The Hall–Kier alpha value is -1.44. The lowest BCUT2D eigenvalue weighted by Gasteiger charge is -2.48. The van der Waals surface area contributed by atoms with Gasteiger partial charge in [-0.3, -0.25) is 9.69 Å². The molecule has 2 fully saturated rings. The van der Waals surface area contributed by atoms with Gasteiger partial charge < -0.3 is 10.1 Å². The monoisotopic (exact) mass is 394 g/mol. The number of sulfone groups is 1. The smallest absolute Gasteiger partial charge is 0.251 e. The van der Waals surface area contributed by atoms with Crippen molar-refractivity contribution in [3.8, 4) is 0 Å². The van der Waals surface area contributed by atoms with Crippen molar-refractivity contribution in [3.05, 3.63) is 35.4 Å². The minimum absolute atomic E-state index is 0.0159. The zero-order valence-electron chi connectivity index (χ0n) is 16.1. The molecule has 27 heavy (non-hydrogen) atoms. The minimum atomic E-state index is -3.12. The standard InChI is InChI=1S/C20H30N2O4S/c1-27(24,25)15-17-6-5-7-18(14-17)19(23)21-16-20(8-3-2-4-9-20)22-10-12-26-13-11-22/h5-7,14H,2-4,8-13,15-16H2,1H3,(H,21,23). The summed E-state index contributed by atoms with van der Waals surface area (Å²) in [6, 6.07) is 6.91. The number of rotatable bonds is 6. The third-order valence-corrected chi connectivity index (χ3v) is 6.52. The third-order valence-electron chi connectivity index (χ3n) is 5.66. The normalized spacial score (nSPS) is 20.9. The van der Waals surface area contributed by atoms with E-state index in [1.165, 1.54) is 25.5 Å². The number of hydrogen-bond donors (Lipinski definition) is 1.